The second-order valence-electron chi connectivity index (χ2n) is 9.28. The van der Waals surface area contributed by atoms with E-state index in [4.69, 9.17) is 10.2 Å². The summed E-state index contributed by atoms with van der Waals surface area (Å²) in [6.07, 6.45) is 43.9. The molecule has 0 amide bonds. The molecule has 0 saturated carbocycles. The molecule has 0 heterocycles. The third-order valence-corrected chi connectivity index (χ3v) is 5.58. The number of unbranched alkanes of at least 4 members (excludes halogenated alkanes) is 8. The maximum atomic E-state index is 10.3. The Morgan fingerprint density at radius 1 is 0.421 bits per heavy atom. The average molecular weight is 529 g/mol. The summed E-state index contributed by atoms with van der Waals surface area (Å²) in [4.78, 5) is 20.6. The molecule has 38 heavy (non-hydrogen) atoms. The van der Waals surface area contributed by atoms with Crippen LogP contribution in [0.25, 0.3) is 0 Å². The van der Waals surface area contributed by atoms with E-state index < -0.39 is 11.9 Å². The van der Waals surface area contributed by atoms with Crippen LogP contribution in [0.15, 0.2) is 72.9 Å². The normalized spacial score (nSPS) is 12.1. The molecule has 0 aromatic carbocycles. The zero-order valence-electron chi connectivity index (χ0n) is 24.4. The van der Waals surface area contributed by atoms with E-state index in [-0.39, 0.29) is 0 Å². The van der Waals surface area contributed by atoms with Crippen LogP contribution in [-0.2, 0) is 9.59 Å². The average Bonchev–Trinajstić information content (AvgIpc) is 2.89. The fourth-order valence-electron chi connectivity index (χ4n) is 3.44. The third kappa shape index (κ3) is 40.5. The van der Waals surface area contributed by atoms with Gasteiger partial charge in [0.25, 0.3) is 0 Å². The van der Waals surface area contributed by atoms with Gasteiger partial charge in [-0.25, -0.2) is 0 Å². The summed E-state index contributed by atoms with van der Waals surface area (Å²) < 4.78 is 0. The maximum Gasteiger partial charge on any atom is 0.303 e. The minimum atomic E-state index is -0.687. The SMILES string of the molecule is CC/C=C\C/C=C\C/C=C\CCCCCCCC(=O)O.CCC=CCC=CCC=CCCCCCC(=O)O. The molecule has 0 aromatic heterocycles. The molecule has 0 aliphatic carbocycles. The summed E-state index contributed by atoms with van der Waals surface area (Å²) >= 11 is 0. The first-order valence-electron chi connectivity index (χ1n) is 14.9. The van der Waals surface area contributed by atoms with Crippen LogP contribution < -0.4 is 0 Å². The van der Waals surface area contributed by atoms with E-state index in [1.807, 2.05) is 0 Å². The summed E-state index contributed by atoms with van der Waals surface area (Å²) in [6.45, 7) is 4.29. The predicted octanol–water partition coefficient (Wildman–Crippen LogP) is 10.5. The molecule has 0 unspecified atom stereocenters. The molecular weight excluding hydrogens is 472 g/mol. The monoisotopic (exact) mass is 528 g/mol. The van der Waals surface area contributed by atoms with Gasteiger partial charge in [0.2, 0.25) is 0 Å². The van der Waals surface area contributed by atoms with Crippen molar-refractivity contribution in [2.75, 3.05) is 0 Å². The van der Waals surface area contributed by atoms with Crippen molar-refractivity contribution in [1.29, 1.82) is 0 Å². The van der Waals surface area contributed by atoms with Crippen LogP contribution in [0, 0.1) is 0 Å². The van der Waals surface area contributed by atoms with Crippen molar-refractivity contribution >= 4 is 11.9 Å². The number of allylic oxidation sites excluding steroid dienone is 12. The van der Waals surface area contributed by atoms with Crippen molar-refractivity contribution in [1.82, 2.24) is 0 Å². The van der Waals surface area contributed by atoms with Crippen LogP contribution in [-0.4, -0.2) is 22.2 Å². The van der Waals surface area contributed by atoms with Crippen LogP contribution in [0.4, 0.5) is 0 Å². The molecule has 4 nitrogen and oxygen atoms in total. The first kappa shape index (κ1) is 37.5. The highest BCUT2D eigenvalue weighted by atomic mass is 16.4. The van der Waals surface area contributed by atoms with Gasteiger partial charge in [0.1, 0.15) is 0 Å². The van der Waals surface area contributed by atoms with Crippen LogP contribution >= 0.6 is 0 Å². The van der Waals surface area contributed by atoms with Gasteiger partial charge in [-0.1, -0.05) is 112 Å². The fourth-order valence-corrected chi connectivity index (χ4v) is 3.44. The van der Waals surface area contributed by atoms with E-state index in [9.17, 15) is 9.59 Å². The zero-order chi connectivity index (χ0) is 28.4. The Morgan fingerprint density at radius 3 is 1.08 bits per heavy atom. The number of aliphatic carboxylic acids is 2. The molecule has 4 heteroatoms. The minimum absolute atomic E-state index is 0.303. The summed E-state index contributed by atoms with van der Waals surface area (Å²) in [5, 5.41) is 17.0. The lowest BCUT2D eigenvalue weighted by atomic mass is 10.1. The van der Waals surface area contributed by atoms with Gasteiger partial charge in [-0.3, -0.25) is 9.59 Å². The standard InChI is InChI=1S/C18H30O2.C16H26O2/c1-2-3-4-5-6-7-8-9-10-11-12-13-14-15-16-17-18(19)20;1-2-3-4-5-6-7-8-9-10-11-12-13-14-15-16(17)18/h3-4,6-7,9-10H,2,5,8,11-17H2,1H3,(H,19,20);3-4,6-7,9-10H,2,5,8,11-15H2,1H3,(H,17,18)/b4-3-,7-6-,10-9-;. The van der Waals surface area contributed by atoms with Crippen LogP contribution in [0.5, 0.6) is 0 Å². The Morgan fingerprint density at radius 2 is 0.711 bits per heavy atom. The molecule has 0 saturated heterocycles. The van der Waals surface area contributed by atoms with Crippen LogP contribution in [0.2, 0.25) is 0 Å². The van der Waals surface area contributed by atoms with Gasteiger partial charge in [-0.15, -0.1) is 0 Å². The Balaban J connectivity index is 0. The highest BCUT2D eigenvalue weighted by Crippen LogP contribution is 2.08. The first-order valence-corrected chi connectivity index (χ1v) is 14.9. The van der Waals surface area contributed by atoms with E-state index >= 15 is 0 Å². The van der Waals surface area contributed by atoms with E-state index in [0.29, 0.717) is 12.8 Å². The number of hydrogen-bond donors (Lipinski definition) is 2. The molecule has 0 rings (SSSR count). The number of carbonyl (C=O) groups is 2. The quantitative estimate of drug-likeness (QED) is 0.0965. The Kier molecular flexibility index (Phi) is 34.0. The molecule has 0 spiro atoms. The van der Waals surface area contributed by atoms with Crippen molar-refractivity contribution < 1.29 is 19.8 Å². The number of hydrogen-bond acceptors (Lipinski definition) is 2. The van der Waals surface area contributed by atoms with E-state index in [2.05, 4.69) is 86.8 Å². The molecule has 0 fully saturated rings. The van der Waals surface area contributed by atoms with E-state index in [1.54, 1.807) is 0 Å². The predicted molar refractivity (Wildman–Crippen MR) is 165 cm³/mol. The first-order chi connectivity index (χ1) is 18.5. The summed E-state index contributed by atoms with van der Waals surface area (Å²) in [6, 6.07) is 0. The van der Waals surface area contributed by atoms with Gasteiger partial charge in [-0.2, -0.15) is 0 Å². The second kappa shape index (κ2) is 34.4. The van der Waals surface area contributed by atoms with Gasteiger partial charge >= 0.3 is 11.9 Å². The van der Waals surface area contributed by atoms with E-state index in [0.717, 1.165) is 89.9 Å². The number of carboxylic acids is 2. The lowest BCUT2D eigenvalue weighted by Gasteiger charge is -1.98. The van der Waals surface area contributed by atoms with Crippen LogP contribution in [0.3, 0.4) is 0 Å². The lowest BCUT2D eigenvalue weighted by molar-refractivity contribution is -0.138. The number of carboxylic acid groups (broad SMARTS) is 2. The summed E-state index contributed by atoms with van der Waals surface area (Å²) in [7, 11) is 0. The Labute approximate surface area is 234 Å². The minimum Gasteiger partial charge on any atom is -0.481 e. The maximum absolute atomic E-state index is 10.3. The molecule has 0 bridgehead atoms. The van der Waals surface area contributed by atoms with Gasteiger partial charge in [0.05, 0.1) is 0 Å². The molecule has 216 valence electrons. The molecule has 0 radical (unpaired) electrons. The molecule has 0 aliphatic heterocycles. The van der Waals surface area contributed by atoms with Crippen molar-refractivity contribution in [3.63, 3.8) is 0 Å². The molecule has 0 atom stereocenters. The number of rotatable bonds is 24. The van der Waals surface area contributed by atoms with Gasteiger partial charge in [-0.05, 0) is 77.0 Å². The lowest BCUT2D eigenvalue weighted by Crippen LogP contribution is -1.93. The van der Waals surface area contributed by atoms with Crippen LogP contribution in [0.1, 0.15) is 129 Å². The largest absolute Gasteiger partial charge is 0.481 e. The second-order valence-corrected chi connectivity index (χ2v) is 9.28. The molecular formula is C34H56O4. The highest BCUT2D eigenvalue weighted by molar-refractivity contribution is 5.66. The smallest absolute Gasteiger partial charge is 0.303 e. The van der Waals surface area contributed by atoms with Gasteiger partial charge in [0, 0.05) is 12.8 Å². The molecule has 2 N–H and O–H groups in total. The Hall–Kier alpha value is -2.62. The van der Waals surface area contributed by atoms with E-state index in [1.165, 1.54) is 12.8 Å². The van der Waals surface area contributed by atoms with Crippen molar-refractivity contribution in [2.24, 2.45) is 0 Å². The van der Waals surface area contributed by atoms with Gasteiger partial charge < -0.3 is 10.2 Å². The van der Waals surface area contributed by atoms with Crippen molar-refractivity contribution in [2.45, 2.75) is 129 Å². The topological polar surface area (TPSA) is 74.6 Å². The van der Waals surface area contributed by atoms with Gasteiger partial charge in [0.15, 0.2) is 0 Å². The summed E-state index contributed by atoms with van der Waals surface area (Å²) in [5.41, 5.74) is 0. The zero-order valence-corrected chi connectivity index (χ0v) is 24.4. The third-order valence-electron chi connectivity index (χ3n) is 5.58. The van der Waals surface area contributed by atoms with Crippen molar-refractivity contribution in [3.8, 4) is 0 Å². The molecule has 0 aliphatic rings. The Bertz CT molecular complexity index is 695. The molecule has 0 aromatic rings. The van der Waals surface area contributed by atoms with Crippen molar-refractivity contribution in [3.05, 3.63) is 72.9 Å². The summed E-state index contributed by atoms with van der Waals surface area (Å²) in [5.74, 6) is -1.36. The highest BCUT2D eigenvalue weighted by Gasteiger charge is 1.96. The fraction of sp³-hybridized carbons (Fsp3) is 0.588.